The number of aromatic hydroxyl groups is 4. The van der Waals surface area contributed by atoms with Gasteiger partial charge in [0.1, 0.15) is 46.9 Å². The Kier molecular flexibility index (Phi) is 5.78. The number of ether oxygens (including phenoxy) is 2. The van der Waals surface area contributed by atoms with Crippen molar-refractivity contribution in [3.63, 3.8) is 0 Å². The highest BCUT2D eigenvalue weighted by Gasteiger charge is 2.45. The molecule has 4 rings (SSSR count). The summed E-state index contributed by atoms with van der Waals surface area (Å²) in [5.41, 5.74) is -1.16. The van der Waals surface area contributed by atoms with Crippen LogP contribution in [0, 0.1) is 0 Å². The van der Waals surface area contributed by atoms with Crippen LogP contribution in [0.2, 0.25) is 0 Å². The standard InChI is InChI=1S/C21H20O12/c22-6-13-15(26)17(28)19(30)21(33-13)32-11-2-1-7(3-9(11)24)20-18(29)16(27)14-10(25)4-8(23)5-12(14)31-20/h1-5,13,15,17,19,21-26,28-30H,6H2/t13-,15+,17-,19-,21-/m1/s1. The van der Waals surface area contributed by atoms with Crippen molar-refractivity contribution in [1.82, 2.24) is 0 Å². The van der Waals surface area contributed by atoms with E-state index in [9.17, 15) is 45.6 Å². The quantitative estimate of drug-likeness (QED) is 0.245. The van der Waals surface area contributed by atoms with E-state index in [1.165, 1.54) is 12.1 Å². The molecule has 1 aliphatic heterocycles. The summed E-state index contributed by atoms with van der Waals surface area (Å²) in [5.74, 6) is -2.97. The number of hydrogen-bond donors (Lipinski definition) is 8. The van der Waals surface area contributed by atoms with Crippen molar-refractivity contribution in [3.8, 4) is 40.1 Å². The number of phenolic OH excluding ortho intramolecular Hbond substituents is 3. The van der Waals surface area contributed by atoms with Crippen LogP contribution in [0.25, 0.3) is 22.3 Å². The first-order chi connectivity index (χ1) is 15.6. The van der Waals surface area contributed by atoms with Crippen LogP contribution in [0.1, 0.15) is 0 Å². The molecule has 8 N–H and O–H groups in total. The van der Waals surface area contributed by atoms with E-state index in [0.29, 0.717) is 0 Å². The molecule has 0 aliphatic carbocycles. The Balaban J connectivity index is 1.68. The molecule has 2 aromatic carbocycles. The van der Waals surface area contributed by atoms with E-state index in [1.54, 1.807) is 0 Å². The number of rotatable bonds is 4. The summed E-state index contributed by atoms with van der Waals surface area (Å²) < 4.78 is 16.1. The first-order valence-electron chi connectivity index (χ1n) is 9.64. The van der Waals surface area contributed by atoms with Crippen LogP contribution >= 0.6 is 0 Å². The van der Waals surface area contributed by atoms with E-state index < -0.39 is 60.0 Å². The largest absolute Gasteiger partial charge is 0.508 e. The fourth-order valence-corrected chi connectivity index (χ4v) is 3.52. The normalized spacial score (nSPS) is 25.3. The lowest BCUT2D eigenvalue weighted by molar-refractivity contribution is -0.277. The zero-order valence-electron chi connectivity index (χ0n) is 16.7. The van der Waals surface area contributed by atoms with Gasteiger partial charge in [0.2, 0.25) is 17.5 Å². The van der Waals surface area contributed by atoms with Gasteiger partial charge in [0.15, 0.2) is 17.3 Å². The van der Waals surface area contributed by atoms with Crippen molar-refractivity contribution >= 4 is 11.0 Å². The second-order valence-electron chi connectivity index (χ2n) is 7.44. The predicted molar refractivity (Wildman–Crippen MR) is 109 cm³/mol. The molecule has 1 aromatic heterocycles. The molecule has 3 aromatic rings. The Morgan fingerprint density at radius 2 is 1.64 bits per heavy atom. The monoisotopic (exact) mass is 464 g/mol. The van der Waals surface area contributed by atoms with Gasteiger partial charge in [-0.05, 0) is 18.2 Å². The average molecular weight is 464 g/mol. The van der Waals surface area contributed by atoms with Gasteiger partial charge < -0.3 is 54.7 Å². The van der Waals surface area contributed by atoms with Crippen LogP contribution < -0.4 is 10.2 Å². The third-order valence-electron chi connectivity index (χ3n) is 5.25. The van der Waals surface area contributed by atoms with E-state index in [-0.39, 0.29) is 33.8 Å². The lowest BCUT2D eigenvalue weighted by Gasteiger charge is -2.39. The number of fused-ring (bicyclic) bond motifs is 1. The molecule has 1 fully saturated rings. The van der Waals surface area contributed by atoms with E-state index in [4.69, 9.17) is 13.9 Å². The number of hydrogen-bond acceptors (Lipinski definition) is 12. The fourth-order valence-electron chi connectivity index (χ4n) is 3.52. The number of benzene rings is 2. The highest BCUT2D eigenvalue weighted by molar-refractivity contribution is 5.88. The highest BCUT2D eigenvalue weighted by Crippen LogP contribution is 2.39. The van der Waals surface area contributed by atoms with Crippen molar-refractivity contribution in [3.05, 3.63) is 40.6 Å². The lowest BCUT2D eigenvalue weighted by atomic mass is 9.99. The van der Waals surface area contributed by atoms with Gasteiger partial charge in [0.05, 0.1) is 6.61 Å². The van der Waals surface area contributed by atoms with E-state index in [2.05, 4.69) is 0 Å². The molecule has 0 unspecified atom stereocenters. The Hall–Kier alpha value is -3.55. The molecule has 0 radical (unpaired) electrons. The second-order valence-corrected chi connectivity index (χ2v) is 7.44. The van der Waals surface area contributed by atoms with Gasteiger partial charge in [0, 0.05) is 17.7 Å². The molecule has 1 aliphatic rings. The second kappa shape index (κ2) is 8.42. The number of aliphatic hydroxyl groups excluding tert-OH is 4. The minimum atomic E-state index is -1.70. The molecule has 2 heterocycles. The lowest BCUT2D eigenvalue weighted by Crippen LogP contribution is -2.60. The molecule has 0 saturated carbocycles. The van der Waals surface area contributed by atoms with Crippen molar-refractivity contribution in [2.75, 3.05) is 6.61 Å². The zero-order chi connectivity index (χ0) is 24.0. The molecule has 0 amide bonds. The summed E-state index contributed by atoms with van der Waals surface area (Å²) in [7, 11) is 0. The van der Waals surface area contributed by atoms with Gasteiger partial charge in [-0.1, -0.05) is 0 Å². The first-order valence-corrected chi connectivity index (χ1v) is 9.64. The topological polar surface area (TPSA) is 211 Å². The van der Waals surface area contributed by atoms with Gasteiger partial charge in [-0.25, -0.2) is 0 Å². The SMILES string of the molecule is O=c1c(O)c(-c2ccc(O[C@@H]3O[C@H](CO)[C@H](O)[C@@H](O)[C@H]3O)c(O)c2)oc2cc(O)cc(O)c12. The Morgan fingerprint density at radius 1 is 0.909 bits per heavy atom. The third-order valence-corrected chi connectivity index (χ3v) is 5.25. The molecule has 12 heteroatoms. The van der Waals surface area contributed by atoms with E-state index >= 15 is 0 Å². The van der Waals surface area contributed by atoms with Crippen LogP contribution in [0.15, 0.2) is 39.5 Å². The summed E-state index contributed by atoms with van der Waals surface area (Å²) in [6.07, 6.45) is -7.73. The molecule has 12 nitrogen and oxygen atoms in total. The van der Waals surface area contributed by atoms with Crippen molar-refractivity contribution in [2.24, 2.45) is 0 Å². The van der Waals surface area contributed by atoms with Crippen molar-refractivity contribution < 1.29 is 54.7 Å². The summed E-state index contributed by atoms with van der Waals surface area (Å²) in [6.45, 7) is -0.666. The van der Waals surface area contributed by atoms with Crippen LogP contribution in [-0.2, 0) is 4.74 Å². The molecule has 0 spiro atoms. The molecule has 176 valence electrons. The Bertz CT molecular complexity index is 1250. The predicted octanol–water partition coefficient (Wildman–Crippen LogP) is -0.539. The Morgan fingerprint density at radius 3 is 2.30 bits per heavy atom. The smallest absolute Gasteiger partial charge is 0.238 e. The van der Waals surface area contributed by atoms with Crippen LogP contribution in [0.3, 0.4) is 0 Å². The van der Waals surface area contributed by atoms with Crippen molar-refractivity contribution in [1.29, 1.82) is 0 Å². The Labute approximate surface area is 184 Å². The summed E-state index contributed by atoms with van der Waals surface area (Å²) in [4.78, 5) is 12.5. The molecule has 0 bridgehead atoms. The summed E-state index contributed by atoms with van der Waals surface area (Å²) >= 11 is 0. The van der Waals surface area contributed by atoms with E-state index in [0.717, 1.165) is 18.2 Å². The maximum atomic E-state index is 12.5. The fraction of sp³-hybridized carbons (Fsp3) is 0.286. The minimum Gasteiger partial charge on any atom is -0.508 e. The maximum Gasteiger partial charge on any atom is 0.238 e. The molecule has 5 atom stereocenters. The molecular weight excluding hydrogens is 444 g/mol. The number of aliphatic hydroxyl groups is 4. The van der Waals surface area contributed by atoms with E-state index in [1.807, 2.05) is 0 Å². The van der Waals surface area contributed by atoms with Gasteiger partial charge in [0.25, 0.3) is 0 Å². The van der Waals surface area contributed by atoms with Gasteiger partial charge in [-0.3, -0.25) is 4.79 Å². The minimum absolute atomic E-state index is 0.0213. The van der Waals surface area contributed by atoms with Crippen LogP contribution in [-0.4, -0.2) is 78.2 Å². The first kappa shape index (κ1) is 22.6. The third kappa shape index (κ3) is 3.90. The van der Waals surface area contributed by atoms with Crippen LogP contribution in [0.4, 0.5) is 0 Å². The highest BCUT2D eigenvalue weighted by atomic mass is 16.7. The average Bonchev–Trinajstić information content (AvgIpc) is 2.77. The molecular formula is C21H20O12. The van der Waals surface area contributed by atoms with Crippen molar-refractivity contribution in [2.45, 2.75) is 30.7 Å². The van der Waals surface area contributed by atoms with Gasteiger partial charge >= 0.3 is 0 Å². The van der Waals surface area contributed by atoms with Gasteiger partial charge in [-0.15, -0.1) is 0 Å². The van der Waals surface area contributed by atoms with Gasteiger partial charge in [-0.2, -0.15) is 0 Å². The zero-order valence-corrected chi connectivity index (χ0v) is 16.7. The molecule has 33 heavy (non-hydrogen) atoms. The molecule has 1 saturated heterocycles. The summed E-state index contributed by atoms with van der Waals surface area (Å²) in [6, 6.07) is 5.51. The maximum absolute atomic E-state index is 12.5. The number of phenols is 3. The van der Waals surface area contributed by atoms with Crippen LogP contribution in [0.5, 0.6) is 28.7 Å². The summed E-state index contributed by atoms with van der Waals surface area (Å²) in [5, 5.41) is 78.8.